The summed E-state index contributed by atoms with van der Waals surface area (Å²) < 4.78 is 59.8. The van der Waals surface area contributed by atoms with Crippen LogP contribution in [-0.2, 0) is 25.6 Å². The van der Waals surface area contributed by atoms with Crippen LogP contribution in [0, 0.1) is 12.8 Å². The molecular formula is C14H25N5O5S2. The van der Waals surface area contributed by atoms with Gasteiger partial charge in [-0.15, -0.1) is 0 Å². The molecule has 1 unspecified atom stereocenters. The van der Waals surface area contributed by atoms with Crippen LogP contribution < -0.4 is 4.72 Å². The molecular weight excluding hydrogens is 382 g/mol. The van der Waals surface area contributed by atoms with Crippen LogP contribution in [0.2, 0.25) is 0 Å². The lowest BCUT2D eigenvalue weighted by molar-refractivity contribution is 0.258. The van der Waals surface area contributed by atoms with Crippen molar-refractivity contribution in [3.8, 4) is 0 Å². The highest BCUT2D eigenvalue weighted by atomic mass is 32.2. The fourth-order valence-corrected chi connectivity index (χ4v) is 6.07. The third kappa shape index (κ3) is 3.28. The molecule has 0 spiro atoms. The van der Waals surface area contributed by atoms with Crippen molar-refractivity contribution in [3.05, 3.63) is 11.7 Å². The lowest BCUT2D eigenvalue weighted by Crippen LogP contribution is -2.43. The van der Waals surface area contributed by atoms with E-state index in [0.29, 0.717) is 31.1 Å². The highest BCUT2D eigenvalue weighted by Crippen LogP contribution is 2.50. The molecule has 3 rings (SSSR count). The first kappa shape index (κ1) is 19.7. The van der Waals surface area contributed by atoms with Gasteiger partial charge in [0, 0.05) is 33.2 Å². The van der Waals surface area contributed by atoms with Crippen molar-refractivity contribution < 1.29 is 21.4 Å². The van der Waals surface area contributed by atoms with Gasteiger partial charge in [0.2, 0.25) is 15.9 Å². The minimum absolute atomic E-state index is 0.00195. The molecule has 148 valence electrons. The number of aromatic nitrogens is 2. The molecule has 2 fully saturated rings. The Hall–Kier alpha value is -1.08. The van der Waals surface area contributed by atoms with E-state index in [1.54, 1.807) is 13.8 Å². The van der Waals surface area contributed by atoms with Gasteiger partial charge in [0.1, 0.15) is 0 Å². The van der Waals surface area contributed by atoms with Crippen molar-refractivity contribution in [3.63, 3.8) is 0 Å². The Morgan fingerprint density at radius 3 is 2.58 bits per heavy atom. The lowest BCUT2D eigenvalue weighted by Gasteiger charge is -2.26. The third-order valence-electron chi connectivity index (χ3n) is 5.31. The topological polar surface area (TPSA) is 126 Å². The summed E-state index contributed by atoms with van der Waals surface area (Å²) in [6.45, 7) is 3.78. The van der Waals surface area contributed by atoms with Crippen LogP contribution >= 0.6 is 0 Å². The molecule has 3 atom stereocenters. The number of hydrogen-bond donors (Lipinski definition) is 1. The molecule has 0 radical (unpaired) electrons. The van der Waals surface area contributed by atoms with E-state index in [1.165, 1.54) is 22.7 Å². The molecule has 0 aromatic carbocycles. The normalized spacial score (nSPS) is 30.2. The monoisotopic (exact) mass is 407 g/mol. The second-order valence-corrected chi connectivity index (χ2v) is 11.4. The van der Waals surface area contributed by atoms with Crippen molar-refractivity contribution in [2.45, 2.75) is 38.1 Å². The van der Waals surface area contributed by atoms with Crippen LogP contribution in [-0.4, -0.2) is 74.6 Å². The standard InChI is InChI=1S/C14H25N5O5S2/c1-5-25(20,21)17-12-6-11-8-19(26(22,23)18(3)4)9-14(11,7-12)13-15-10(2)16-24-13/h11-12,17H,5-9H2,1-4H3/t11?,12-,14+/m1/s1. The van der Waals surface area contributed by atoms with Gasteiger partial charge in [0.15, 0.2) is 5.82 Å². The van der Waals surface area contributed by atoms with Crippen LogP contribution in [0.1, 0.15) is 31.5 Å². The second kappa shape index (κ2) is 6.51. The lowest BCUT2D eigenvalue weighted by atomic mass is 9.80. The fourth-order valence-electron chi connectivity index (χ4n) is 3.99. The Bertz CT molecular complexity index is 881. The Morgan fingerprint density at radius 2 is 2.04 bits per heavy atom. The summed E-state index contributed by atoms with van der Waals surface area (Å²) in [5.74, 6) is 0.762. The van der Waals surface area contributed by atoms with Crippen LogP contribution in [0.5, 0.6) is 0 Å². The number of fused-ring (bicyclic) bond motifs is 1. The second-order valence-electron chi connectivity index (χ2n) is 7.24. The molecule has 1 N–H and O–H groups in total. The molecule has 2 aliphatic rings. The summed E-state index contributed by atoms with van der Waals surface area (Å²) in [6, 6.07) is -0.277. The zero-order chi connectivity index (χ0) is 19.3. The minimum Gasteiger partial charge on any atom is -0.339 e. The van der Waals surface area contributed by atoms with Crippen LogP contribution in [0.3, 0.4) is 0 Å². The van der Waals surface area contributed by atoms with Gasteiger partial charge in [-0.05, 0) is 32.6 Å². The van der Waals surface area contributed by atoms with Gasteiger partial charge in [-0.3, -0.25) is 0 Å². The molecule has 10 nitrogen and oxygen atoms in total. The SMILES string of the molecule is CCS(=O)(=O)N[C@@H]1CC2CN(S(=O)(=O)N(C)C)C[C@@]2(c2nc(C)no2)C1. The van der Waals surface area contributed by atoms with Crippen LogP contribution in [0.15, 0.2) is 4.52 Å². The first-order valence-corrected chi connectivity index (χ1v) is 11.5. The summed E-state index contributed by atoms with van der Waals surface area (Å²) >= 11 is 0. The van der Waals surface area contributed by atoms with Gasteiger partial charge in [0.05, 0.1) is 11.2 Å². The fraction of sp³-hybridized carbons (Fsp3) is 0.857. The van der Waals surface area contributed by atoms with Gasteiger partial charge < -0.3 is 4.52 Å². The quantitative estimate of drug-likeness (QED) is 0.671. The summed E-state index contributed by atoms with van der Waals surface area (Å²) in [5.41, 5.74) is -0.675. The van der Waals surface area contributed by atoms with Gasteiger partial charge in [-0.1, -0.05) is 5.16 Å². The van der Waals surface area contributed by atoms with E-state index in [1.807, 2.05) is 0 Å². The van der Waals surface area contributed by atoms with E-state index < -0.39 is 25.6 Å². The molecule has 1 aliphatic carbocycles. The summed E-state index contributed by atoms with van der Waals surface area (Å²) in [5, 5.41) is 3.85. The third-order valence-corrected chi connectivity index (χ3v) is 8.62. The van der Waals surface area contributed by atoms with Crippen molar-refractivity contribution in [2.75, 3.05) is 32.9 Å². The summed E-state index contributed by atoms with van der Waals surface area (Å²) in [6.07, 6.45) is 0.956. The Labute approximate surface area is 154 Å². The molecule has 12 heteroatoms. The number of aryl methyl sites for hydroxylation is 1. The number of nitrogens with zero attached hydrogens (tertiary/aromatic N) is 4. The van der Waals surface area contributed by atoms with Crippen molar-refractivity contribution in [2.24, 2.45) is 5.92 Å². The Kier molecular flexibility index (Phi) is 4.93. The van der Waals surface area contributed by atoms with Gasteiger partial charge >= 0.3 is 0 Å². The first-order valence-electron chi connectivity index (χ1n) is 8.48. The molecule has 26 heavy (non-hydrogen) atoms. The zero-order valence-corrected chi connectivity index (χ0v) is 17.0. The molecule has 1 aromatic rings. The Morgan fingerprint density at radius 1 is 1.35 bits per heavy atom. The van der Waals surface area contributed by atoms with Crippen LogP contribution in [0.4, 0.5) is 0 Å². The van der Waals surface area contributed by atoms with E-state index in [0.717, 1.165) is 0 Å². The number of nitrogens with one attached hydrogen (secondary N) is 1. The number of hydrogen-bond acceptors (Lipinski definition) is 7. The molecule has 1 aliphatic heterocycles. The maximum absolute atomic E-state index is 12.6. The molecule has 1 aromatic heterocycles. The molecule has 2 heterocycles. The Balaban J connectivity index is 1.93. The largest absolute Gasteiger partial charge is 0.339 e. The molecule has 1 saturated carbocycles. The number of sulfonamides is 1. The molecule has 0 bridgehead atoms. The number of rotatable bonds is 6. The van der Waals surface area contributed by atoms with E-state index >= 15 is 0 Å². The minimum atomic E-state index is -3.58. The van der Waals surface area contributed by atoms with E-state index in [2.05, 4.69) is 14.9 Å². The van der Waals surface area contributed by atoms with Gasteiger partial charge in [0.25, 0.3) is 10.2 Å². The van der Waals surface area contributed by atoms with Gasteiger partial charge in [-0.2, -0.15) is 22.0 Å². The predicted octanol–water partition coefficient (Wildman–Crippen LogP) is -0.544. The maximum atomic E-state index is 12.6. The summed E-state index contributed by atoms with van der Waals surface area (Å²) in [4.78, 5) is 4.35. The average molecular weight is 408 g/mol. The van der Waals surface area contributed by atoms with E-state index in [-0.39, 0.29) is 24.3 Å². The zero-order valence-electron chi connectivity index (χ0n) is 15.3. The van der Waals surface area contributed by atoms with Crippen LogP contribution in [0.25, 0.3) is 0 Å². The van der Waals surface area contributed by atoms with E-state index in [4.69, 9.17) is 4.52 Å². The van der Waals surface area contributed by atoms with E-state index in [9.17, 15) is 16.8 Å². The highest BCUT2D eigenvalue weighted by Gasteiger charge is 2.59. The summed E-state index contributed by atoms with van der Waals surface area (Å²) in [7, 11) is -3.94. The molecule has 0 amide bonds. The highest BCUT2D eigenvalue weighted by molar-refractivity contribution is 7.89. The smallest absolute Gasteiger partial charge is 0.281 e. The molecule has 1 saturated heterocycles. The van der Waals surface area contributed by atoms with Crippen molar-refractivity contribution >= 4 is 20.2 Å². The average Bonchev–Trinajstić information content (AvgIpc) is 3.19. The predicted molar refractivity (Wildman–Crippen MR) is 94.0 cm³/mol. The van der Waals surface area contributed by atoms with Gasteiger partial charge in [-0.25, -0.2) is 13.1 Å². The van der Waals surface area contributed by atoms with Crippen molar-refractivity contribution in [1.82, 2.24) is 23.5 Å². The first-order chi connectivity index (χ1) is 12.0. The van der Waals surface area contributed by atoms with Crippen molar-refractivity contribution in [1.29, 1.82) is 0 Å². The maximum Gasteiger partial charge on any atom is 0.281 e.